The number of ether oxygens (including phenoxy) is 1. The molecule has 1 atom stereocenters. The molecule has 9 nitrogen and oxygen atoms in total. The third-order valence-corrected chi connectivity index (χ3v) is 8.60. The van der Waals surface area contributed by atoms with Crippen LogP contribution in [0.25, 0.3) is 11.1 Å². The highest BCUT2D eigenvalue weighted by atomic mass is 32.2. The van der Waals surface area contributed by atoms with Crippen LogP contribution in [0.15, 0.2) is 97.0 Å². The lowest BCUT2D eigenvalue weighted by atomic mass is 9.91. The Morgan fingerprint density at radius 2 is 1.61 bits per heavy atom. The molecule has 1 amide bonds. The van der Waals surface area contributed by atoms with Crippen molar-refractivity contribution in [3.05, 3.63) is 99.6 Å². The standard InChI is InChI=1S/C29H20F5N3O6S/c1-28(30,31)14-37-24(22-20(26(37)38)13-35-23(22)19-3-2-4-21-25(19)43-27(39)36-21)15-5-7-16(8-6-15)42-17-9-11-18(12-10-17)44(40,41)29(32,33)34/h2-12,24H,13-14H2,1H3,(H,36,39). The van der Waals surface area contributed by atoms with Crippen molar-refractivity contribution in [2.45, 2.75) is 29.3 Å². The molecular formula is C29H20F5N3O6S. The maximum absolute atomic E-state index is 14.3. The molecule has 3 aromatic carbocycles. The molecule has 0 saturated heterocycles. The molecule has 0 aliphatic carbocycles. The van der Waals surface area contributed by atoms with Crippen molar-refractivity contribution < 1.29 is 44.3 Å². The number of aromatic nitrogens is 1. The highest BCUT2D eigenvalue weighted by Crippen LogP contribution is 2.45. The number of nitrogens with one attached hydrogen (secondary N) is 1. The molecule has 0 spiro atoms. The number of sulfone groups is 1. The van der Waals surface area contributed by atoms with E-state index in [0.29, 0.717) is 34.9 Å². The molecule has 1 unspecified atom stereocenters. The van der Waals surface area contributed by atoms with Crippen LogP contribution < -0.4 is 10.5 Å². The number of para-hydroxylation sites is 1. The number of H-pyrrole nitrogens is 1. The molecule has 15 heteroatoms. The van der Waals surface area contributed by atoms with Crippen LogP contribution in [0.3, 0.4) is 0 Å². The average Bonchev–Trinajstić information content (AvgIpc) is 3.61. The first kappa shape index (κ1) is 29.3. The summed E-state index contributed by atoms with van der Waals surface area (Å²) in [7, 11) is -5.53. The highest BCUT2D eigenvalue weighted by molar-refractivity contribution is 7.92. The van der Waals surface area contributed by atoms with Gasteiger partial charge in [0.25, 0.3) is 21.7 Å². The number of oxazole rings is 1. The van der Waals surface area contributed by atoms with Crippen LogP contribution in [0.1, 0.15) is 24.1 Å². The topological polar surface area (TPSA) is 122 Å². The van der Waals surface area contributed by atoms with E-state index in [1.54, 1.807) is 30.3 Å². The molecule has 2 aliphatic heterocycles. The van der Waals surface area contributed by atoms with Gasteiger partial charge >= 0.3 is 11.3 Å². The predicted molar refractivity (Wildman–Crippen MR) is 147 cm³/mol. The Labute approximate surface area is 245 Å². The van der Waals surface area contributed by atoms with E-state index in [1.165, 1.54) is 12.1 Å². The minimum atomic E-state index is -5.53. The van der Waals surface area contributed by atoms with Gasteiger partial charge in [0.1, 0.15) is 11.5 Å². The van der Waals surface area contributed by atoms with E-state index in [1.807, 2.05) is 0 Å². The smallest absolute Gasteiger partial charge is 0.457 e. The molecule has 2 aliphatic rings. The summed E-state index contributed by atoms with van der Waals surface area (Å²) in [6, 6.07) is 13.6. The van der Waals surface area contributed by atoms with Gasteiger partial charge in [0.15, 0.2) is 5.58 Å². The second-order valence-corrected chi connectivity index (χ2v) is 12.2. The lowest BCUT2D eigenvalue weighted by Gasteiger charge is -2.30. The maximum atomic E-state index is 14.3. The van der Waals surface area contributed by atoms with Crippen molar-refractivity contribution in [1.82, 2.24) is 9.88 Å². The Morgan fingerprint density at radius 3 is 2.23 bits per heavy atom. The molecule has 3 heterocycles. The number of hydrogen-bond donors (Lipinski definition) is 1. The van der Waals surface area contributed by atoms with Crippen LogP contribution in [0.2, 0.25) is 0 Å². The summed E-state index contributed by atoms with van der Waals surface area (Å²) < 4.78 is 101. The Bertz CT molecular complexity index is 2020. The van der Waals surface area contributed by atoms with E-state index in [-0.39, 0.29) is 29.2 Å². The summed E-state index contributed by atoms with van der Waals surface area (Å²) in [5.41, 5.74) is -3.06. The number of carbonyl (C=O) groups is 1. The van der Waals surface area contributed by atoms with E-state index < -0.39 is 50.4 Å². The summed E-state index contributed by atoms with van der Waals surface area (Å²) in [6.45, 7) is -0.239. The number of alkyl halides is 5. The van der Waals surface area contributed by atoms with Gasteiger partial charge < -0.3 is 14.1 Å². The Morgan fingerprint density at radius 1 is 0.977 bits per heavy atom. The molecule has 4 aromatic rings. The van der Waals surface area contributed by atoms with Gasteiger partial charge in [-0.05, 0) is 54.1 Å². The van der Waals surface area contributed by atoms with E-state index in [0.717, 1.165) is 29.2 Å². The van der Waals surface area contributed by atoms with Crippen molar-refractivity contribution in [1.29, 1.82) is 0 Å². The first-order valence-electron chi connectivity index (χ1n) is 12.9. The third-order valence-electron chi connectivity index (χ3n) is 7.10. The minimum Gasteiger partial charge on any atom is -0.457 e. The Balaban J connectivity index is 1.33. The van der Waals surface area contributed by atoms with Gasteiger partial charge in [-0.2, -0.15) is 13.2 Å². The fourth-order valence-corrected chi connectivity index (χ4v) is 6.03. The van der Waals surface area contributed by atoms with Crippen LogP contribution in [0, 0.1) is 0 Å². The zero-order valence-corrected chi connectivity index (χ0v) is 23.3. The van der Waals surface area contributed by atoms with Crippen LogP contribution in [-0.2, 0) is 14.6 Å². The van der Waals surface area contributed by atoms with Crippen molar-refractivity contribution in [2.24, 2.45) is 4.99 Å². The number of benzene rings is 3. The zero-order chi connectivity index (χ0) is 31.6. The second kappa shape index (κ2) is 10.1. The van der Waals surface area contributed by atoms with Gasteiger partial charge in [-0.25, -0.2) is 22.0 Å². The summed E-state index contributed by atoms with van der Waals surface area (Å²) in [4.78, 5) is 32.5. The quantitative estimate of drug-likeness (QED) is 0.267. The summed E-state index contributed by atoms with van der Waals surface area (Å²) in [6.07, 6.45) is 0. The number of hydrogen-bond acceptors (Lipinski definition) is 7. The van der Waals surface area contributed by atoms with Gasteiger partial charge in [0, 0.05) is 23.6 Å². The van der Waals surface area contributed by atoms with E-state index in [9.17, 15) is 40.0 Å². The predicted octanol–water partition coefficient (Wildman–Crippen LogP) is 5.54. The van der Waals surface area contributed by atoms with Gasteiger partial charge in [-0.1, -0.05) is 18.2 Å². The zero-order valence-electron chi connectivity index (χ0n) is 22.5. The van der Waals surface area contributed by atoms with Gasteiger partial charge in [-0.3, -0.25) is 14.8 Å². The number of halogens is 5. The number of carbonyl (C=O) groups excluding carboxylic acids is 1. The van der Waals surface area contributed by atoms with Crippen LogP contribution >= 0.6 is 0 Å². The monoisotopic (exact) mass is 633 g/mol. The molecule has 0 bridgehead atoms. The van der Waals surface area contributed by atoms with Crippen molar-refractivity contribution in [3.63, 3.8) is 0 Å². The first-order chi connectivity index (χ1) is 20.6. The fraction of sp³-hybridized carbons (Fsp3) is 0.207. The van der Waals surface area contributed by atoms with Crippen molar-refractivity contribution in [3.8, 4) is 11.5 Å². The van der Waals surface area contributed by atoms with Gasteiger partial charge in [0.2, 0.25) is 0 Å². The van der Waals surface area contributed by atoms with E-state index in [4.69, 9.17) is 9.15 Å². The average molecular weight is 634 g/mol. The number of fused-ring (bicyclic) bond motifs is 1. The van der Waals surface area contributed by atoms with Crippen LogP contribution in [0.4, 0.5) is 22.0 Å². The molecule has 44 heavy (non-hydrogen) atoms. The maximum Gasteiger partial charge on any atom is 0.501 e. The van der Waals surface area contributed by atoms with Crippen LogP contribution in [0.5, 0.6) is 11.5 Å². The molecule has 1 N–H and O–H groups in total. The normalized spacial score (nSPS) is 17.4. The van der Waals surface area contributed by atoms with E-state index >= 15 is 0 Å². The molecule has 6 rings (SSSR count). The van der Waals surface area contributed by atoms with Gasteiger partial charge in [-0.15, -0.1) is 0 Å². The summed E-state index contributed by atoms with van der Waals surface area (Å²) in [5, 5.41) is 0. The lowest BCUT2D eigenvalue weighted by Crippen LogP contribution is -2.40. The second-order valence-electron chi connectivity index (χ2n) is 10.3. The summed E-state index contributed by atoms with van der Waals surface area (Å²) in [5.74, 6) is -4.29. The Kier molecular flexibility index (Phi) is 6.75. The van der Waals surface area contributed by atoms with Gasteiger partial charge in [0.05, 0.1) is 35.3 Å². The molecule has 1 aromatic heterocycles. The molecular weight excluding hydrogens is 613 g/mol. The molecule has 0 fully saturated rings. The van der Waals surface area contributed by atoms with Crippen LogP contribution in [-0.4, -0.2) is 54.4 Å². The SMILES string of the molecule is CC(F)(F)CN1C(=O)C2=C(C(c3cccc4[nH]c(=O)oc34)=NC2)C1c1ccc(Oc2ccc(S(=O)(=O)C(F)(F)F)cc2)cc1. The Hall–Kier alpha value is -4.79. The number of aromatic amines is 1. The molecule has 228 valence electrons. The fourth-order valence-electron chi connectivity index (χ4n) is 5.27. The number of amides is 1. The third kappa shape index (κ3) is 5.06. The largest absolute Gasteiger partial charge is 0.501 e. The molecule has 0 radical (unpaired) electrons. The number of nitrogens with zero attached hydrogens (tertiary/aromatic N) is 2. The number of rotatable bonds is 7. The van der Waals surface area contributed by atoms with Crippen molar-refractivity contribution >= 4 is 32.6 Å². The summed E-state index contributed by atoms with van der Waals surface area (Å²) >= 11 is 0. The lowest BCUT2D eigenvalue weighted by molar-refractivity contribution is -0.132. The molecule has 0 saturated carbocycles. The number of aliphatic imine (C=N–C) groups is 1. The van der Waals surface area contributed by atoms with E-state index in [2.05, 4.69) is 9.98 Å². The highest BCUT2D eigenvalue weighted by Gasteiger charge is 2.48. The van der Waals surface area contributed by atoms with Crippen molar-refractivity contribution in [2.75, 3.05) is 13.1 Å². The minimum absolute atomic E-state index is 0.0402. The first-order valence-corrected chi connectivity index (χ1v) is 14.4.